The molecule has 2 fully saturated rings. The van der Waals surface area contributed by atoms with E-state index in [9.17, 15) is 9.59 Å². The van der Waals surface area contributed by atoms with Gasteiger partial charge >= 0.3 is 12.1 Å². The second-order valence-corrected chi connectivity index (χ2v) is 6.83. The molecule has 0 aliphatic carbocycles. The maximum Gasteiger partial charge on any atom is 0.409 e. The Hall–Kier alpha value is -2.18. The predicted octanol–water partition coefficient (Wildman–Crippen LogP) is 3.06. The average molecular weight is 349 g/mol. The molecule has 2 aliphatic heterocycles. The molecular weight excluding hydrogens is 322 g/mol. The number of amides is 3. The smallest absolute Gasteiger partial charge is 0.409 e. The molecule has 0 aromatic carbocycles. The van der Waals surface area contributed by atoms with Crippen molar-refractivity contribution < 1.29 is 18.7 Å². The second kappa shape index (κ2) is 7.80. The van der Waals surface area contributed by atoms with Gasteiger partial charge in [0.2, 0.25) is 0 Å². The summed E-state index contributed by atoms with van der Waals surface area (Å²) < 4.78 is 10.5. The van der Waals surface area contributed by atoms with Crippen molar-refractivity contribution in [2.24, 2.45) is 0 Å². The molecule has 3 heterocycles. The summed E-state index contributed by atoms with van der Waals surface area (Å²) in [6.45, 7) is 3.89. The summed E-state index contributed by atoms with van der Waals surface area (Å²) in [7, 11) is 1.39. The molecule has 1 atom stereocenters. The lowest BCUT2D eigenvalue weighted by molar-refractivity contribution is 0.106. The number of rotatable bonds is 2. The molecular formula is C18H27N3O4. The molecule has 0 radical (unpaired) electrons. The molecule has 1 aromatic heterocycles. The molecule has 25 heavy (non-hydrogen) atoms. The van der Waals surface area contributed by atoms with Crippen LogP contribution in [0, 0.1) is 6.92 Å². The fourth-order valence-electron chi connectivity index (χ4n) is 3.70. The van der Waals surface area contributed by atoms with Crippen LogP contribution in [0.15, 0.2) is 16.5 Å². The van der Waals surface area contributed by atoms with Crippen LogP contribution >= 0.6 is 0 Å². The van der Waals surface area contributed by atoms with E-state index in [1.165, 1.54) is 7.11 Å². The minimum Gasteiger partial charge on any atom is -0.464 e. The van der Waals surface area contributed by atoms with Gasteiger partial charge in [-0.15, -0.1) is 0 Å². The molecule has 2 saturated heterocycles. The molecule has 3 amide bonds. The third-order valence-corrected chi connectivity index (χ3v) is 5.11. The summed E-state index contributed by atoms with van der Waals surface area (Å²) in [5, 5.41) is 3.14. The summed E-state index contributed by atoms with van der Waals surface area (Å²) in [5.74, 6) is 1.74. The summed E-state index contributed by atoms with van der Waals surface area (Å²) in [5.41, 5.74) is 0. The molecule has 0 saturated carbocycles. The van der Waals surface area contributed by atoms with E-state index >= 15 is 0 Å². The van der Waals surface area contributed by atoms with Crippen molar-refractivity contribution in [1.82, 2.24) is 15.1 Å². The number of furan rings is 1. The number of likely N-dealkylation sites (tertiary alicyclic amines) is 2. The highest BCUT2D eigenvalue weighted by molar-refractivity contribution is 5.75. The molecule has 7 nitrogen and oxygen atoms in total. The van der Waals surface area contributed by atoms with Gasteiger partial charge < -0.3 is 24.3 Å². The third-order valence-electron chi connectivity index (χ3n) is 5.11. The van der Waals surface area contributed by atoms with Crippen LogP contribution in [-0.4, -0.2) is 54.7 Å². The first-order valence-electron chi connectivity index (χ1n) is 9.05. The van der Waals surface area contributed by atoms with Crippen LogP contribution in [0.1, 0.15) is 49.7 Å². The lowest BCUT2D eigenvalue weighted by Gasteiger charge is -2.37. The van der Waals surface area contributed by atoms with Crippen LogP contribution in [0.25, 0.3) is 0 Å². The van der Waals surface area contributed by atoms with Gasteiger partial charge in [-0.1, -0.05) is 0 Å². The third kappa shape index (κ3) is 4.08. The molecule has 7 heteroatoms. The van der Waals surface area contributed by atoms with Gasteiger partial charge in [0.05, 0.1) is 13.2 Å². The van der Waals surface area contributed by atoms with Gasteiger partial charge in [0, 0.05) is 25.7 Å². The largest absolute Gasteiger partial charge is 0.464 e. The zero-order valence-electron chi connectivity index (χ0n) is 15.0. The second-order valence-electron chi connectivity index (χ2n) is 6.83. The van der Waals surface area contributed by atoms with Crippen molar-refractivity contribution in [3.05, 3.63) is 23.7 Å². The highest BCUT2D eigenvalue weighted by Gasteiger charge is 2.32. The number of ether oxygens (including phenoxy) is 1. The molecule has 1 N–H and O–H groups in total. The van der Waals surface area contributed by atoms with Gasteiger partial charge in [-0.3, -0.25) is 0 Å². The lowest BCUT2D eigenvalue weighted by Crippen LogP contribution is -2.51. The number of aryl methyl sites for hydroxylation is 1. The Bertz CT molecular complexity index is 607. The number of nitrogens with one attached hydrogen (secondary N) is 1. The van der Waals surface area contributed by atoms with Crippen molar-refractivity contribution in [3.8, 4) is 0 Å². The minimum absolute atomic E-state index is 0.0117. The van der Waals surface area contributed by atoms with Crippen molar-refractivity contribution in [2.45, 2.75) is 51.1 Å². The minimum atomic E-state index is -0.297. The molecule has 0 bridgehead atoms. The van der Waals surface area contributed by atoms with E-state index in [4.69, 9.17) is 9.15 Å². The van der Waals surface area contributed by atoms with Gasteiger partial charge in [-0.05, 0) is 51.2 Å². The molecule has 1 aromatic rings. The first kappa shape index (κ1) is 17.6. The Labute approximate surface area is 148 Å². The maximum atomic E-state index is 12.8. The molecule has 138 valence electrons. The zero-order valence-corrected chi connectivity index (χ0v) is 15.0. The van der Waals surface area contributed by atoms with Crippen molar-refractivity contribution in [3.63, 3.8) is 0 Å². The highest BCUT2D eigenvalue weighted by atomic mass is 16.5. The monoisotopic (exact) mass is 349 g/mol. The van der Waals surface area contributed by atoms with Crippen LogP contribution in [0.2, 0.25) is 0 Å². The van der Waals surface area contributed by atoms with Crippen LogP contribution in [0.5, 0.6) is 0 Å². The van der Waals surface area contributed by atoms with Crippen LogP contribution in [0.4, 0.5) is 9.59 Å². The Morgan fingerprint density at radius 1 is 1.16 bits per heavy atom. The van der Waals surface area contributed by atoms with E-state index in [1.54, 1.807) is 4.90 Å². The summed E-state index contributed by atoms with van der Waals surface area (Å²) in [4.78, 5) is 27.9. The zero-order chi connectivity index (χ0) is 17.8. The first-order valence-corrected chi connectivity index (χ1v) is 9.05. The van der Waals surface area contributed by atoms with Gasteiger partial charge in [0.25, 0.3) is 0 Å². The molecule has 3 rings (SSSR count). The van der Waals surface area contributed by atoms with Gasteiger partial charge in [-0.2, -0.15) is 0 Å². The lowest BCUT2D eigenvalue weighted by atomic mass is 10.00. The van der Waals surface area contributed by atoms with E-state index in [0.29, 0.717) is 13.1 Å². The van der Waals surface area contributed by atoms with E-state index in [-0.39, 0.29) is 24.2 Å². The normalized spacial score (nSPS) is 21.9. The van der Waals surface area contributed by atoms with Crippen molar-refractivity contribution in [1.29, 1.82) is 0 Å². The number of carbonyl (C=O) groups excluding carboxylic acids is 2. The topological polar surface area (TPSA) is 75.0 Å². The van der Waals surface area contributed by atoms with E-state index < -0.39 is 0 Å². The molecule has 0 unspecified atom stereocenters. The van der Waals surface area contributed by atoms with E-state index in [2.05, 4.69) is 5.32 Å². The van der Waals surface area contributed by atoms with Crippen LogP contribution in [-0.2, 0) is 4.74 Å². The van der Waals surface area contributed by atoms with Crippen LogP contribution in [0.3, 0.4) is 0 Å². The quantitative estimate of drug-likeness (QED) is 0.890. The average Bonchev–Trinajstić information content (AvgIpc) is 3.08. The molecule has 2 aliphatic rings. The fraction of sp³-hybridized carbons (Fsp3) is 0.667. The highest BCUT2D eigenvalue weighted by Crippen LogP contribution is 2.32. The predicted molar refractivity (Wildman–Crippen MR) is 92.3 cm³/mol. The first-order chi connectivity index (χ1) is 12.1. The van der Waals surface area contributed by atoms with Gasteiger partial charge in [0.15, 0.2) is 0 Å². The number of hydrogen-bond acceptors (Lipinski definition) is 4. The number of urea groups is 1. The molecule has 0 spiro atoms. The van der Waals surface area contributed by atoms with Crippen LogP contribution < -0.4 is 5.32 Å². The Morgan fingerprint density at radius 3 is 2.56 bits per heavy atom. The van der Waals surface area contributed by atoms with E-state index in [1.807, 2.05) is 24.0 Å². The van der Waals surface area contributed by atoms with Crippen molar-refractivity contribution in [2.75, 3.05) is 26.7 Å². The fourth-order valence-corrected chi connectivity index (χ4v) is 3.70. The number of piperidine rings is 2. The van der Waals surface area contributed by atoms with Gasteiger partial charge in [0.1, 0.15) is 11.5 Å². The Morgan fingerprint density at radius 2 is 1.92 bits per heavy atom. The summed E-state index contributed by atoms with van der Waals surface area (Å²) >= 11 is 0. The van der Waals surface area contributed by atoms with Gasteiger partial charge in [-0.25, -0.2) is 9.59 Å². The standard InChI is InChI=1S/C18H27N3O4/c1-13-6-7-16(25-13)15-5-3-4-10-21(15)17(22)19-14-8-11-20(12-9-14)18(23)24-2/h6-7,14-15H,3-5,8-12H2,1-2H3,(H,19,22)/t15-/m0/s1. The SMILES string of the molecule is COC(=O)N1CCC(NC(=O)N2CCCC[C@H]2c2ccc(C)o2)CC1. The number of carbonyl (C=O) groups is 2. The summed E-state index contributed by atoms with van der Waals surface area (Å²) in [6, 6.07) is 3.99. The number of hydrogen-bond donors (Lipinski definition) is 1. The number of methoxy groups -OCH3 is 1. The Kier molecular flexibility index (Phi) is 5.50. The Balaban J connectivity index is 1.57. The van der Waals surface area contributed by atoms with Crippen molar-refractivity contribution >= 4 is 12.1 Å². The van der Waals surface area contributed by atoms with E-state index in [0.717, 1.165) is 50.2 Å². The summed E-state index contributed by atoms with van der Waals surface area (Å²) in [6.07, 6.45) is 4.25. The maximum absolute atomic E-state index is 12.8. The number of nitrogens with zero attached hydrogens (tertiary/aromatic N) is 2.